The first-order valence-corrected chi connectivity index (χ1v) is 7.70. The second kappa shape index (κ2) is 5.21. The largest absolute Gasteiger partial charge is 0.335 e. The molecule has 0 radical (unpaired) electrons. The van der Waals surface area contributed by atoms with E-state index in [-0.39, 0.29) is 11.4 Å². The highest BCUT2D eigenvalue weighted by molar-refractivity contribution is 5.78. The van der Waals surface area contributed by atoms with E-state index in [1.54, 1.807) is 0 Å². The first-order chi connectivity index (χ1) is 9.56. The van der Waals surface area contributed by atoms with Gasteiger partial charge in [0, 0.05) is 24.5 Å². The van der Waals surface area contributed by atoms with E-state index in [0.717, 1.165) is 32.2 Å². The maximum atomic E-state index is 12.6. The van der Waals surface area contributed by atoms with Crippen molar-refractivity contribution in [1.29, 1.82) is 0 Å². The van der Waals surface area contributed by atoms with Crippen LogP contribution in [0.25, 0.3) is 0 Å². The van der Waals surface area contributed by atoms with Crippen LogP contribution in [-0.2, 0) is 11.3 Å². The molecule has 3 nitrogen and oxygen atoms in total. The van der Waals surface area contributed by atoms with E-state index < -0.39 is 0 Å². The molecule has 1 amide bonds. The van der Waals surface area contributed by atoms with Gasteiger partial charge in [-0.1, -0.05) is 29.8 Å². The van der Waals surface area contributed by atoms with Crippen molar-refractivity contribution in [1.82, 2.24) is 4.90 Å². The second-order valence-electron chi connectivity index (χ2n) is 6.63. The van der Waals surface area contributed by atoms with Crippen molar-refractivity contribution in [2.24, 2.45) is 5.73 Å². The summed E-state index contributed by atoms with van der Waals surface area (Å²) in [6.07, 6.45) is 5.99. The van der Waals surface area contributed by atoms with Gasteiger partial charge < -0.3 is 10.6 Å². The number of carbonyl (C=O) groups is 1. The van der Waals surface area contributed by atoms with Crippen LogP contribution in [0.1, 0.15) is 49.7 Å². The molecule has 2 aliphatic rings. The highest BCUT2D eigenvalue weighted by atomic mass is 16.2. The predicted molar refractivity (Wildman–Crippen MR) is 80.1 cm³/mol. The minimum Gasteiger partial charge on any atom is -0.335 e. The van der Waals surface area contributed by atoms with Crippen LogP contribution in [0.4, 0.5) is 0 Å². The van der Waals surface area contributed by atoms with Gasteiger partial charge in [0.05, 0.1) is 0 Å². The fourth-order valence-electron chi connectivity index (χ4n) is 3.02. The molecule has 1 aromatic carbocycles. The predicted octanol–water partition coefficient (Wildman–Crippen LogP) is 2.76. The summed E-state index contributed by atoms with van der Waals surface area (Å²) in [5, 5.41) is 0. The summed E-state index contributed by atoms with van der Waals surface area (Å²) in [4.78, 5) is 14.6. The van der Waals surface area contributed by atoms with Crippen molar-refractivity contribution >= 4 is 5.91 Å². The lowest BCUT2D eigenvalue weighted by Gasteiger charge is -2.39. The Kier molecular flexibility index (Phi) is 3.55. The minimum absolute atomic E-state index is 0.211. The molecule has 0 saturated heterocycles. The number of amides is 1. The molecule has 3 rings (SSSR count). The average molecular weight is 272 g/mol. The van der Waals surface area contributed by atoms with Crippen LogP contribution in [0.5, 0.6) is 0 Å². The summed E-state index contributed by atoms with van der Waals surface area (Å²) in [6.45, 7) is 2.83. The van der Waals surface area contributed by atoms with Gasteiger partial charge in [0.15, 0.2) is 0 Å². The van der Waals surface area contributed by atoms with Crippen LogP contribution in [0, 0.1) is 6.92 Å². The normalized spacial score (nSPS) is 20.3. The van der Waals surface area contributed by atoms with E-state index in [4.69, 9.17) is 5.73 Å². The lowest BCUT2D eigenvalue weighted by Crippen LogP contribution is -2.50. The topological polar surface area (TPSA) is 46.3 Å². The van der Waals surface area contributed by atoms with E-state index in [1.807, 2.05) is 0 Å². The lowest BCUT2D eigenvalue weighted by atomic mass is 9.75. The highest BCUT2D eigenvalue weighted by Gasteiger charge is 2.39. The molecule has 0 spiro atoms. The van der Waals surface area contributed by atoms with E-state index in [1.165, 1.54) is 17.5 Å². The van der Waals surface area contributed by atoms with Gasteiger partial charge in [-0.3, -0.25) is 4.79 Å². The Morgan fingerprint density at radius 2 is 2.15 bits per heavy atom. The van der Waals surface area contributed by atoms with E-state index in [2.05, 4.69) is 36.1 Å². The van der Waals surface area contributed by atoms with Gasteiger partial charge in [0.2, 0.25) is 5.91 Å². The number of benzene rings is 1. The van der Waals surface area contributed by atoms with Gasteiger partial charge in [-0.15, -0.1) is 0 Å². The smallest absolute Gasteiger partial charge is 0.224 e. The Hall–Kier alpha value is -1.35. The average Bonchev–Trinajstić information content (AvgIpc) is 3.18. The fraction of sp³-hybridized carbons (Fsp3) is 0.588. The molecule has 2 saturated carbocycles. The summed E-state index contributed by atoms with van der Waals surface area (Å²) < 4.78 is 0. The number of hydrogen-bond acceptors (Lipinski definition) is 2. The molecule has 3 heteroatoms. The van der Waals surface area contributed by atoms with Crippen molar-refractivity contribution < 1.29 is 4.79 Å². The monoisotopic (exact) mass is 272 g/mol. The molecular weight excluding hydrogens is 248 g/mol. The maximum Gasteiger partial charge on any atom is 0.224 e. The van der Waals surface area contributed by atoms with Crippen molar-refractivity contribution in [2.75, 3.05) is 0 Å². The number of hydrogen-bond donors (Lipinski definition) is 1. The standard InChI is InChI=1S/C17H24N2O/c1-13-4-2-5-14(10-13)12-19(15-6-7-15)16(20)11-17(18)8-3-9-17/h2,4-5,10,15H,3,6-9,11-12,18H2,1H3. The SMILES string of the molecule is Cc1cccc(CN(C(=O)CC2(N)CCC2)C2CC2)c1. The van der Waals surface area contributed by atoms with Crippen LogP contribution in [0.2, 0.25) is 0 Å². The molecule has 0 aliphatic heterocycles. The van der Waals surface area contributed by atoms with Crippen LogP contribution in [0.3, 0.4) is 0 Å². The third kappa shape index (κ3) is 3.04. The zero-order valence-electron chi connectivity index (χ0n) is 12.3. The van der Waals surface area contributed by atoms with Crippen molar-refractivity contribution in [3.05, 3.63) is 35.4 Å². The Labute approximate surface area is 121 Å². The summed E-state index contributed by atoms with van der Waals surface area (Å²) in [5.41, 5.74) is 8.50. The Morgan fingerprint density at radius 1 is 1.40 bits per heavy atom. The van der Waals surface area contributed by atoms with Gasteiger partial charge in [-0.25, -0.2) is 0 Å². The zero-order chi connectivity index (χ0) is 14.2. The van der Waals surface area contributed by atoms with Gasteiger partial charge in [-0.2, -0.15) is 0 Å². The van der Waals surface area contributed by atoms with Gasteiger partial charge in [-0.05, 0) is 44.6 Å². The van der Waals surface area contributed by atoms with Crippen molar-refractivity contribution in [3.63, 3.8) is 0 Å². The van der Waals surface area contributed by atoms with Gasteiger partial charge in [0.25, 0.3) is 0 Å². The van der Waals surface area contributed by atoms with Crippen LogP contribution >= 0.6 is 0 Å². The fourth-order valence-corrected chi connectivity index (χ4v) is 3.02. The third-order valence-corrected chi connectivity index (χ3v) is 4.60. The van der Waals surface area contributed by atoms with Crippen molar-refractivity contribution in [2.45, 2.75) is 63.6 Å². The summed E-state index contributed by atoms with van der Waals surface area (Å²) >= 11 is 0. The summed E-state index contributed by atoms with van der Waals surface area (Å²) in [5.74, 6) is 0.246. The molecule has 0 heterocycles. The van der Waals surface area contributed by atoms with Crippen LogP contribution < -0.4 is 5.73 Å². The third-order valence-electron chi connectivity index (χ3n) is 4.60. The Morgan fingerprint density at radius 3 is 2.70 bits per heavy atom. The van der Waals surface area contributed by atoms with Crippen molar-refractivity contribution in [3.8, 4) is 0 Å². The molecule has 0 atom stereocenters. The quantitative estimate of drug-likeness (QED) is 0.896. The minimum atomic E-state index is -0.211. The number of aryl methyl sites for hydroxylation is 1. The molecule has 2 aliphatic carbocycles. The molecule has 2 fully saturated rings. The number of rotatable bonds is 5. The van der Waals surface area contributed by atoms with E-state index in [9.17, 15) is 4.79 Å². The molecular formula is C17H24N2O. The molecule has 0 aromatic heterocycles. The Bertz CT molecular complexity index is 503. The molecule has 20 heavy (non-hydrogen) atoms. The highest BCUT2D eigenvalue weighted by Crippen LogP contribution is 2.35. The number of carbonyl (C=O) groups excluding carboxylic acids is 1. The second-order valence-corrected chi connectivity index (χ2v) is 6.63. The van der Waals surface area contributed by atoms with Gasteiger partial charge >= 0.3 is 0 Å². The molecule has 0 bridgehead atoms. The van der Waals surface area contributed by atoms with E-state index >= 15 is 0 Å². The summed E-state index contributed by atoms with van der Waals surface area (Å²) in [6, 6.07) is 8.89. The molecule has 2 N–H and O–H groups in total. The molecule has 108 valence electrons. The first kappa shape index (κ1) is 13.6. The molecule has 1 aromatic rings. The van der Waals surface area contributed by atoms with Crippen LogP contribution in [0.15, 0.2) is 24.3 Å². The van der Waals surface area contributed by atoms with Crippen LogP contribution in [-0.4, -0.2) is 22.4 Å². The molecule has 0 unspecified atom stereocenters. The maximum absolute atomic E-state index is 12.6. The van der Waals surface area contributed by atoms with E-state index in [0.29, 0.717) is 12.5 Å². The Balaban J connectivity index is 1.67. The van der Waals surface area contributed by atoms with Gasteiger partial charge in [0.1, 0.15) is 0 Å². The zero-order valence-corrected chi connectivity index (χ0v) is 12.3. The first-order valence-electron chi connectivity index (χ1n) is 7.70. The summed E-state index contributed by atoms with van der Waals surface area (Å²) in [7, 11) is 0. The lowest BCUT2D eigenvalue weighted by molar-refractivity contribution is -0.134. The number of nitrogens with two attached hydrogens (primary N) is 1. The number of nitrogens with zero attached hydrogens (tertiary/aromatic N) is 1.